The number of hydrogen-bond acceptors (Lipinski definition) is 4. The molecule has 0 unspecified atom stereocenters. The lowest BCUT2D eigenvalue weighted by atomic mass is 10.1. The second-order valence-corrected chi connectivity index (χ2v) is 4.78. The van der Waals surface area contributed by atoms with Crippen LogP contribution >= 0.6 is 11.6 Å². The lowest BCUT2D eigenvalue weighted by molar-refractivity contribution is -0.215. The van der Waals surface area contributed by atoms with Crippen molar-refractivity contribution in [1.29, 1.82) is 0 Å². The van der Waals surface area contributed by atoms with Gasteiger partial charge in [-0.1, -0.05) is 29.8 Å². The molecule has 0 amide bonds. The van der Waals surface area contributed by atoms with E-state index in [4.69, 9.17) is 16.3 Å². The van der Waals surface area contributed by atoms with Gasteiger partial charge in [0.25, 0.3) is 0 Å². The zero-order chi connectivity index (χ0) is 13.8. The van der Waals surface area contributed by atoms with Crippen molar-refractivity contribution in [3.8, 4) is 0 Å². The maximum absolute atomic E-state index is 11.6. The normalized spacial score (nSPS) is 13.2. The summed E-state index contributed by atoms with van der Waals surface area (Å²) in [6.45, 7) is 2.91. The lowest BCUT2D eigenvalue weighted by Gasteiger charge is -2.24. The summed E-state index contributed by atoms with van der Waals surface area (Å²) in [5.41, 5.74) is 0.763. The number of methoxy groups -OCH3 is 1. The topological polar surface area (TPSA) is 55.8 Å². The molecule has 1 N–H and O–H groups in total. The largest absolute Gasteiger partial charge is 0.467 e. The lowest BCUT2D eigenvalue weighted by Crippen LogP contribution is -2.37. The van der Waals surface area contributed by atoms with Crippen molar-refractivity contribution in [2.75, 3.05) is 7.11 Å². The highest BCUT2D eigenvalue weighted by atomic mass is 35.5. The summed E-state index contributed by atoms with van der Waals surface area (Å²) < 4.78 is 9.92. The predicted octanol–water partition coefficient (Wildman–Crippen LogP) is 2.17. The molecule has 1 aromatic carbocycles. The number of rotatable bonds is 5. The van der Waals surface area contributed by atoms with Crippen LogP contribution in [0.5, 0.6) is 0 Å². The van der Waals surface area contributed by atoms with E-state index in [1.807, 2.05) is 6.07 Å². The summed E-state index contributed by atoms with van der Waals surface area (Å²) in [5.74, 6) is -1.96. The van der Waals surface area contributed by atoms with Crippen LogP contribution in [0.2, 0.25) is 5.02 Å². The number of aliphatic hydroxyl groups is 1. The van der Waals surface area contributed by atoms with Crippen LogP contribution in [0.4, 0.5) is 0 Å². The zero-order valence-electron chi connectivity index (χ0n) is 10.6. The molecule has 5 heteroatoms. The number of ether oxygens (including phenoxy) is 2. The molecule has 0 saturated carbocycles. The van der Waals surface area contributed by atoms with Crippen LogP contribution in [0, 0.1) is 0 Å². The predicted molar refractivity (Wildman–Crippen MR) is 68.3 cm³/mol. The van der Waals surface area contributed by atoms with Crippen molar-refractivity contribution in [2.45, 2.75) is 32.2 Å². The highest BCUT2D eigenvalue weighted by molar-refractivity contribution is 6.31. The molecular weight excluding hydrogens is 256 g/mol. The highest BCUT2D eigenvalue weighted by Gasteiger charge is 2.28. The van der Waals surface area contributed by atoms with Gasteiger partial charge in [0, 0.05) is 11.4 Å². The number of benzene rings is 1. The van der Waals surface area contributed by atoms with Gasteiger partial charge in [-0.05, 0) is 25.5 Å². The minimum atomic E-state index is -1.42. The molecule has 0 radical (unpaired) electrons. The second kappa shape index (κ2) is 6.18. The van der Waals surface area contributed by atoms with Gasteiger partial charge in [-0.2, -0.15) is 0 Å². The number of esters is 1. The zero-order valence-corrected chi connectivity index (χ0v) is 11.4. The first kappa shape index (κ1) is 15.0. The molecule has 0 spiro atoms. The van der Waals surface area contributed by atoms with Gasteiger partial charge >= 0.3 is 5.97 Å². The maximum Gasteiger partial charge on any atom is 0.335 e. The Kier molecular flexibility index (Phi) is 5.14. The van der Waals surface area contributed by atoms with E-state index < -0.39 is 17.9 Å². The van der Waals surface area contributed by atoms with Crippen molar-refractivity contribution >= 4 is 17.6 Å². The molecule has 0 fully saturated rings. The Morgan fingerprint density at radius 3 is 2.56 bits per heavy atom. The Morgan fingerprint density at radius 1 is 1.44 bits per heavy atom. The Bertz CT molecular complexity index is 412. The monoisotopic (exact) mass is 272 g/mol. The molecule has 0 aliphatic carbocycles. The van der Waals surface area contributed by atoms with E-state index in [1.54, 1.807) is 18.2 Å². The minimum Gasteiger partial charge on any atom is -0.467 e. The molecular formula is C13H17ClO4. The van der Waals surface area contributed by atoms with E-state index >= 15 is 0 Å². The standard InChI is InChI=1S/C13H17ClO4/c1-13(2,16)18-11(12(15)17-3)8-9-6-4-5-7-10(9)14/h4-7,11,16H,8H2,1-3H3/t11-/m1/s1. The molecule has 0 bridgehead atoms. The van der Waals surface area contributed by atoms with Crippen LogP contribution in [-0.4, -0.2) is 30.1 Å². The van der Waals surface area contributed by atoms with Gasteiger partial charge in [0.15, 0.2) is 11.9 Å². The van der Waals surface area contributed by atoms with Gasteiger partial charge in [-0.3, -0.25) is 0 Å². The summed E-state index contributed by atoms with van der Waals surface area (Å²) in [6.07, 6.45) is -0.647. The van der Waals surface area contributed by atoms with Gasteiger partial charge in [-0.15, -0.1) is 0 Å². The Labute approximate surface area is 111 Å². The van der Waals surface area contributed by atoms with Crippen LogP contribution in [-0.2, 0) is 20.7 Å². The van der Waals surface area contributed by atoms with E-state index in [-0.39, 0.29) is 6.42 Å². The average Bonchev–Trinajstić information content (AvgIpc) is 2.28. The molecule has 0 heterocycles. The SMILES string of the molecule is COC(=O)[C@@H](Cc1ccccc1Cl)OC(C)(C)O. The highest BCUT2D eigenvalue weighted by Crippen LogP contribution is 2.20. The van der Waals surface area contributed by atoms with Crippen molar-refractivity contribution < 1.29 is 19.4 Å². The Morgan fingerprint density at radius 2 is 2.06 bits per heavy atom. The van der Waals surface area contributed by atoms with Gasteiger partial charge in [0.1, 0.15) is 0 Å². The third kappa shape index (κ3) is 4.64. The Balaban J connectivity index is 2.85. The van der Waals surface area contributed by atoms with Crippen LogP contribution in [0.3, 0.4) is 0 Å². The number of carbonyl (C=O) groups is 1. The number of halogens is 1. The second-order valence-electron chi connectivity index (χ2n) is 4.37. The van der Waals surface area contributed by atoms with Crippen molar-refractivity contribution in [1.82, 2.24) is 0 Å². The molecule has 1 atom stereocenters. The first-order chi connectivity index (χ1) is 8.33. The molecule has 1 rings (SSSR count). The van der Waals surface area contributed by atoms with E-state index in [0.29, 0.717) is 5.02 Å². The first-order valence-corrected chi connectivity index (χ1v) is 5.92. The van der Waals surface area contributed by atoms with E-state index in [2.05, 4.69) is 4.74 Å². The minimum absolute atomic E-state index is 0.246. The third-order valence-corrected chi connectivity index (χ3v) is 2.63. The molecule has 0 aliphatic heterocycles. The van der Waals surface area contributed by atoms with E-state index in [0.717, 1.165) is 5.56 Å². The summed E-state index contributed by atoms with van der Waals surface area (Å²) in [4.78, 5) is 11.6. The van der Waals surface area contributed by atoms with E-state index in [1.165, 1.54) is 21.0 Å². The van der Waals surface area contributed by atoms with Crippen LogP contribution in [0.15, 0.2) is 24.3 Å². The van der Waals surface area contributed by atoms with E-state index in [9.17, 15) is 9.90 Å². The van der Waals surface area contributed by atoms with Crippen LogP contribution in [0.25, 0.3) is 0 Å². The quantitative estimate of drug-likeness (QED) is 0.659. The van der Waals surface area contributed by atoms with Gasteiger partial charge in [-0.25, -0.2) is 4.79 Å². The first-order valence-electron chi connectivity index (χ1n) is 5.55. The molecule has 100 valence electrons. The van der Waals surface area contributed by atoms with Crippen LogP contribution in [0.1, 0.15) is 19.4 Å². The molecule has 1 aromatic rings. The fourth-order valence-electron chi connectivity index (χ4n) is 1.52. The fourth-order valence-corrected chi connectivity index (χ4v) is 1.73. The molecule has 18 heavy (non-hydrogen) atoms. The summed E-state index contributed by atoms with van der Waals surface area (Å²) >= 11 is 6.02. The fraction of sp³-hybridized carbons (Fsp3) is 0.462. The van der Waals surface area contributed by atoms with Gasteiger partial charge < -0.3 is 14.6 Å². The summed E-state index contributed by atoms with van der Waals surface area (Å²) in [7, 11) is 1.27. The average molecular weight is 273 g/mol. The van der Waals surface area contributed by atoms with Crippen molar-refractivity contribution in [2.24, 2.45) is 0 Å². The number of hydrogen-bond donors (Lipinski definition) is 1. The van der Waals surface area contributed by atoms with Gasteiger partial charge in [0.05, 0.1) is 7.11 Å². The summed E-state index contributed by atoms with van der Waals surface area (Å²) in [5, 5.41) is 10.2. The molecule has 4 nitrogen and oxygen atoms in total. The molecule has 0 aliphatic rings. The third-order valence-electron chi connectivity index (χ3n) is 2.26. The molecule has 0 saturated heterocycles. The number of carbonyl (C=O) groups excluding carboxylic acids is 1. The smallest absolute Gasteiger partial charge is 0.335 e. The maximum atomic E-state index is 11.6. The van der Waals surface area contributed by atoms with Gasteiger partial charge in [0.2, 0.25) is 0 Å². The van der Waals surface area contributed by atoms with Crippen LogP contribution < -0.4 is 0 Å². The van der Waals surface area contributed by atoms with Crippen molar-refractivity contribution in [3.63, 3.8) is 0 Å². The Hall–Kier alpha value is -1.10. The van der Waals surface area contributed by atoms with Crippen molar-refractivity contribution in [3.05, 3.63) is 34.9 Å². The molecule has 0 aromatic heterocycles. The summed E-state index contributed by atoms with van der Waals surface area (Å²) in [6, 6.07) is 7.15.